The van der Waals surface area contributed by atoms with E-state index in [0.717, 1.165) is 19.5 Å². The summed E-state index contributed by atoms with van der Waals surface area (Å²) in [5.74, 6) is 1.18. The van der Waals surface area contributed by atoms with Gasteiger partial charge in [0.25, 0.3) is 0 Å². The molecule has 1 aliphatic carbocycles. The van der Waals surface area contributed by atoms with Gasteiger partial charge in [-0.15, -0.1) is 0 Å². The Morgan fingerprint density at radius 2 is 2.11 bits per heavy atom. The molecule has 1 unspecified atom stereocenters. The normalized spacial score (nSPS) is 29.3. The predicted molar refractivity (Wildman–Crippen MR) is 71.8 cm³/mol. The number of rotatable bonds is 2. The van der Waals surface area contributed by atoms with Crippen LogP contribution in [0.1, 0.15) is 40.0 Å². The van der Waals surface area contributed by atoms with Crippen LogP contribution < -0.4 is 5.32 Å². The van der Waals surface area contributed by atoms with E-state index in [1.54, 1.807) is 0 Å². The van der Waals surface area contributed by atoms with Gasteiger partial charge in [0.2, 0.25) is 0 Å². The Morgan fingerprint density at radius 1 is 1.39 bits per heavy atom. The van der Waals surface area contributed by atoms with Crippen LogP contribution in [0.2, 0.25) is 0 Å². The lowest BCUT2D eigenvalue weighted by atomic mass is 9.68. The molecule has 0 fully saturated rings. The lowest BCUT2D eigenvalue weighted by Gasteiger charge is -2.37. The fourth-order valence-electron chi connectivity index (χ4n) is 2.53. The monoisotopic (exact) mass is 250 g/mol. The number of aliphatic hydroxyl groups is 1. The molecule has 4 nitrogen and oxygen atoms in total. The summed E-state index contributed by atoms with van der Waals surface area (Å²) in [5.41, 5.74) is 0.285. The highest BCUT2D eigenvalue weighted by atomic mass is 16.3. The van der Waals surface area contributed by atoms with Gasteiger partial charge in [0.1, 0.15) is 11.6 Å². The van der Waals surface area contributed by atoms with Crippen LogP contribution in [0.3, 0.4) is 0 Å². The molecular weight excluding hydrogens is 228 g/mol. The number of aliphatic hydroxyl groups excluding tert-OH is 1. The number of amidine groups is 1. The van der Waals surface area contributed by atoms with E-state index >= 15 is 0 Å². The zero-order valence-corrected chi connectivity index (χ0v) is 11.4. The van der Waals surface area contributed by atoms with Crippen molar-refractivity contribution >= 4 is 11.6 Å². The molecule has 0 spiro atoms. The zero-order chi connectivity index (χ0) is 13.3. The Hall–Kier alpha value is -1.32. The molecule has 0 saturated carbocycles. The van der Waals surface area contributed by atoms with Crippen molar-refractivity contribution in [2.75, 3.05) is 13.1 Å². The van der Waals surface area contributed by atoms with Gasteiger partial charge in [-0.25, -0.2) is 0 Å². The Bertz CT molecular complexity index is 424. The van der Waals surface area contributed by atoms with Crippen molar-refractivity contribution in [2.45, 2.75) is 40.0 Å². The maximum absolute atomic E-state index is 12.3. The number of hydrogen-bond acceptors (Lipinski definition) is 4. The van der Waals surface area contributed by atoms with Gasteiger partial charge in [-0.2, -0.15) is 0 Å². The molecule has 0 saturated heterocycles. The van der Waals surface area contributed by atoms with Crippen molar-refractivity contribution in [3.05, 3.63) is 11.3 Å². The third kappa shape index (κ3) is 2.28. The first-order chi connectivity index (χ1) is 8.44. The number of aliphatic imine (C=N–C) groups is 1. The van der Waals surface area contributed by atoms with Gasteiger partial charge in [-0.1, -0.05) is 20.8 Å². The molecule has 0 aromatic carbocycles. The van der Waals surface area contributed by atoms with Crippen LogP contribution in [0.15, 0.2) is 16.3 Å². The fraction of sp³-hybridized carbons (Fsp3) is 0.714. The number of ketones is 1. The maximum atomic E-state index is 12.3. The van der Waals surface area contributed by atoms with Crippen LogP contribution in [-0.4, -0.2) is 29.8 Å². The number of nitrogens with zero attached hydrogens (tertiary/aromatic N) is 1. The predicted octanol–water partition coefficient (Wildman–Crippen LogP) is 2.22. The highest BCUT2D eigenvalue weighted by Crippen LogP contribution is 2.42. The molecule has 2 N–H and O–H groups in total. The number of hydrogen-bond donors (Lipinski definition) is 2. The van der Waals surface area contributed by atoms with E-state index in [9.17, 15) is 9.90 Å². The third-order valence-corrected chi connectivity index (χ3v) is 4.23. The molecule has 100 valence electrons. The fourth-order valence-corrected chi connectivity index (χ4v) is 2.53. The van der Waals surface area contributed by atoms with Gasteiger partial charge in [0, 0.05) is 25.9 Å². The molecule has 1 heterocycles. The summed E-state index contributed by atoms with van der Waals surface area (Å²) in [4.78, 5) is 16.6. The molecule has 0 radical (unpaired) electrons. The number of carbonyl (C=O) groups is 1. The summed E-state index contributed by atoms with van der Waals surface area (Å²) in [7, 11) is 0. The van der Waals surface area contributed by atoms with E-state index in [1.165, 1.54) is 0 Å². The first-order valence-corrected chi connectivity index (χ1v) is 6.68. The van der Waals surface area contributed by atoms with Crippen molar-refractivity contribution in [1.82, 2.24) is 5.32 Å². The third-order valence-electron chi connectivity index (χ3n) is 4.23. The summed E-state index contributed by atoms with van der Waals surface area (Å²) >= 11 is 0. The molecule has 0 aromatic heterocycles. The van der Waals surface area contributed by atoms with Gasteiger partial charge in [-0.05, 0) is 17.8 Å². The van der Waals surface area contributed by atoms with E-state index in [1.807, 2.05) is 0 Å². The van der Waals surface area contributed by atoms with Gasteiger partial charge in [0.05, 0.1) is 5.57 Å². The summed E-state index contributed by atoms with van der Waals surface area (Å²) < 4.78 is 0. The van der Waals surface area contributed by atoms with Crippen molar-refractivity contribution in [3.63, 3.8) is 0 Å². The molecule has 1 aliphatic heterocycles. The summed E-state index contributed by atoms with van der Waals surface area (Å²) in [6.07, 6.45) is 2.03. The molecule has 0 aromatic rings. The summed E-state index contributed by atoms with van der Waals surface area (Å²) in [6, 6.07) is 0. The smallest absolute Gasteiger partial charge is 0.170 e. The van der Waals surface area contributed by atoms with Crippen molar-refractivity contribution < 1.29 is 9.90 Å². The average Bonchev–Trinajstić information content (AvgIpc) is 2.29. The molecule has 0 bridgehead atoms. The van der Waals surface area contributed by atoms with Gasteiger partial charge in [0.15, 0.2) is 5.78 Å². The van der Waals surface area contributed by atoms with E-state index in [0.29, 0.717) is 30.2 Å². The Kier molecular flexibility index (Phi) is 3.46. The Morgan fingerprint density at radius 3 is 2.61 bits per heavy atom. The molecule has 0 amide bonds. The van der Waals surface area contributed by atoms with Crippen LogP contribution in [-0.2, 0) is 4.79 Å². The minimum Gasteiger partial charge on any atom is -0.511 e. The lowest BCUT2D eigenvalue weighted by Crippen LogP contribution is -2.40. The van der Waals surface area contributed by atoms with Crippen LogP contribution in [0.5, 0.6) is 0 Å². The second-order valence-corrected chi connectivity index (χ2v) is 5.92. The van der Waals surface area contributed by atoms with Crippen LogP contribution in [0.25, 0.3) is 0 Å². The maximum Gasteiger partial charge on any atom is 0.170 e. The summed E-state index contributed by atoms with van der Waals surface area (Å²) in [6.45, 7) is 7.82. The quantitative estimate of drug-likeness (QED) is 0.790. The van der Waals surface area contributed by atoms with Gasteiger partial charge < -0.3 is 10.4 Å². The summed E-state index contributed by atoms with van der Waals surface area (Å²) in [5, 5.41) is 13.3. The van der Waals surface area contributed by atoms with E-state index in [-0.39, 0.29) is 17.0 Å². The highest BCUT2D eigenvalue weighted by Gasteiger charge is 2.40. The number of carbonyl (C=O) groups excluding carboxylic acids is 1. The number of Topliss-reactive ketones (excluding diaryl/α,β-unsaturated/α-hetero) is 1. The number of allylic oxidation sites excluding steroid dienone is 1. The second kappa shape index (κ2) is 4.75. The molecular formula is C14H22N2O2. The Balaban J connectivity index is 2.31. The molecule has 1 atom stereocenters. The molecule has 4 heteroatoms. The van der Waals surface area contributed by atoms with Crippen LogP contribution in [0.4, 0.5) is 0 Å². The van der Waals surface area contributed by atoms with Crippen molar-refractivity contribution in [1.29, 1.82) is 0 Å². The van der Waals surface area contributed by atoms with Crippen LogP contribution in [0, 0.1) is 11.3 Å². The topological polar surface area (TPSA) is 61.7 Å². The van der Waals surface area contributed by atoms with E-state index in [2.05, 4.69) is 31.1 Å². The SMILES string of the molecule is CC(C)C1(C)CC(=O)C(C2=NCCCN2)=C(O)C1. The van der Waals surface area contributed by atoms with Crippen molar-refractivity contribution in [3.8, 4) is 0 Å². The zero-order valence-electron chi connectivity index (χ0n) is 11.4. The minimum absolute atomic E-state index is 0.0168. The largest absolute Gasteiger partial charge is 0.511 e. The molecule has 2 aliphatic rings. The highest BCUT2D eigenvalue weighted by molar-refractivity contribution is 6.22. The van der Waals surface area contributed by atoms with E-state index < -0.39 is 0 Å². The second-order valence-electron chi connectivity index (χ2n) is 5.92. The first kappa shape index (κ1) is 13.1. The van der Waals surface area contributed by atoms with Crippen LogP contribution >= 0.6 is 0 Å². The average molecular weight is 250 g/mol. The van der Waals surface area contributed by atoms with Gasteiger partial charge in [-0.3, -0.25) is 9.79 Å². The molecule has 2 rings (SSSR count). The lowest BCUT2D eigenvalue weighted by molar-refractivity contribution is -0.119. The minimum atomic E-state index is -0.139. The standard InChI is InChI=1S/C14H22N2O2/c1-9(2)14(3)7-10(17)12(11(18)8-14)13-15-5-4-6-16-13/h9,17H,4-8H2,1-3H3,(H,15,16). The van der Waals surface area contributed by atoms with Gasteiger partial charge >= 0.3 is 0 Å². The Labute approximate surface area is 108 Å². The first-order valence-electron chi connectivity index (χ1n) is 6.68. The number of nitrogens with one attached hydrogen (secondary N) is 1. The van der Waals surface area contributed by atoms with E-state index in [4.69, 9.17) is 0 Å². The van der Waals surface area contributed by atoms with Crippen molar-refractivity contribution in [2.24, 2.45) is 16.3 Å². The molecule has 18 heavy (non-hydrogen) atoms.